The summed E-state index contributed by atoms with van der Waals surface area (Å²) in [7, 11) is 3.50. The summed E-state index contributed by atoms with van der Waals surface area (Å²) in [6.45, 7) is 0. The fraction of sp³-hybridized carbons (Fsp3) is 0.500. The molecule has 76 valence electrons. The van der Waals surface area contributed by atoms with Crippen LogP contribution in [0.5, 0.6) is 0 Å². The van der Waals surface area contributed by atoms with Gasteiger partial charge in [0.25, 0.3) is 0 Å². The van der Waals surface area contributed by atoms with Crippen LogP contribution in [0.25, 0.3) is 0 Å². The molecule has 0 amide bonds. The van der Waals surface area contributed by atoms with E-state index in [0.29, 0.717) is 9.54 Å². The molecule has 0 aliphatic heterocycles. The van der Waals surface area contributed by atoms with Gasteiger partial charge in [-0.25, -0.2) is 9.36 Å². The SMILES string of the molecule is Cn1[nH]nnc1=S.Cn1[nH]nnc1=S. The van der Waals surface area contributed by atoms with Crippen molar-refractivity contribution in [3.8, 4) is 0 Å². The number of aromatic nitrogens is 8. The first-order valence-electron chi connectivity index (χ1n) is 3.49. The maximum atomic E-state index is 4.64. The van der Waals surface area contributed by atoms with Crippen molar-refractivity contribution in [2.75, 3.05) is 0 Å². The van der Waals surface area contributed by atoms with E-state index in [1.54, 1.807) is 23.5 Å². The predicted octanol–water partition coefficient (Wildman–Crippen LogP) is -0.255. The van der Waals surface area contributed by atoms with Crippen molar-refractivity contribution in [1.29, 1.82) is 0 Å². The lowest BCUT2D eigenvalue weighted by Gasteiger charge is -1.77. The summed E-state index contributed by atoms with van der Waals surface area (Å²) in [5.74, 6) is 0. The molecule has 2 heterocycles. The molecule has 2 rings (SSSR count). The van der Waals surface area contributed by atoms with E-state index in [1.165, 1.54) is 0 Å². The lowest BCUT2D eigenvalue weighted by atomic mass is 11.2. The monoisotopic (exact) mass is 232 g/mol. The zero-order valence-electron chi connectivity index (χ0n) is 7.50. The highest BCUT2D eigenvalue weighted by atomic mass is 32.1. The Balaban J connectivity index is 0.000000140. The zero-order chi connectivity index (χ0) is 10.6. The predicted molar refractivity (Wildman–Crippen MR) is 52.4 cm³/mol. The molecule has 0 aliphatic carbocycles. The van der Waals surface area contributed by atoms with Crippen LogP contribution in [0, 0.1) is 9.54 Å². The van der Waals surface area contributed by atoms with Gasteiger partial charge >= 0.3 is 0 Å². The minimum atomic E-state index is 0.472. The van der Waals surface area contributed by atoms with Gasteiger partial charge in [0.1, 0.15) is 0 Å². The minimum Gasteiger partial charge on any atom is -0.246 e. The van der Waals surface area contributed by atoms with Gasteiger partial charge in [-0.2, -0.15) is 10.4 Å². The van der Waals surface area contributed by atoms with Gasteiger partial charge in [-0.15, -0.1) is 0 Å². The molecule has 0 spiro atoms. The van der Waals surface area contributed by atoms with Gasteiger partial charge in [-0.05, 0) is 24.4 Å². The quantitative estimate of drug-likeness (QED) is 0.608. The van der Waals surface area contributed by atoms with Gasteiger partial charge in [-0.3, -0.25) is 0 Å². The highest BCUT2D eigenvalue weighted by molar-refractivity contribution is 7.71. The van der Waals surface area contributed by atoms with Crippen molar-refractivity contribution < 1.29 is 0 Å². The first-order chi connectivity index (χ1) is 6.61. The Morgan fingerprint density at radius 2 is 1.29 bits per heavy atom. The van der Waals surface area contributed by atoms with E-state index in [1.807, 2.05) is 0 Å². The van der Waals surface area contributed by atoms with E-state index in [4.69, 9.17) is 0 Å². The van der Waals surface area contributed by atoms with Crippen molar-refractivity contribution >= 4 is 24.4 Å². The Bertz CT molecular complexity index is 441. The standard InChI is InChI=1S/2C2H4N4S/c2*1-6-2(7)3-4-5-6/h2*1H3,(H,3,5,7). The smallest absolute Gasteiger partial charge is 0.237 e. The fourth-order valence-corrected chi connectivity index (χ4v) is 0.647. The van der Waals surface area contributed by atoms with Crippen LogP contribution in [-0.4, -0.2) is 40.4 Å². The first kappa shape index (κ1) is 10.7. The van der Waals surface area contributed by atoms with Crippen molar-refractivity contribution in [2.24, 2.45) is 14.1 Å². The third-order valence-electron chi connectivity index (χ3n) is 1.23. The molecule has 2 N–H and O–H groups in total. The van der Waals surface area contributed by atoms with Crippen LogP contribution in [0.3, 0.4) is 0 Å². The Morgan fingerprint density at radius 1 is 0.929 bits per heavy atom. The molecule has 14 heavy (non-hydrogen) atoms. The number of tetrazole rings is 2. The molecular formula is C4H8N8S2. The molecule has 0 radical (unpaired) electrons. The second-order valence-electron chi connectivity index (χ2n) is 2.28. The highest BCUT2D eigenvalue weighted by Gasteiger charge is 1.80. The van der Waals surface area contributed by atoms with Gasteiger partial charge in [-0.1, -0.05) is 20.6 Å². The van der Waals surface area contributed by atoms with Crippen molar-refractivity contribution in [3.05, 3.63) is 9.54 Å². The second kappa shape index (κ2) is 4.72. The Labute approximate surface area is 88.9 Å². The average Bonchev–Trinajstić information content (AvgIpc) is 2.67. The summed E-state index contributed by atoms with van der Waals surface area (Å²) in [6.07, 6.45) is 0. The summed E-state index contributed by atoms with van der Waals surface area (Å²) in [5.41, 5.74) is 0. The summed E-state index contributed by atoms with van der Waals surface area (Å²) < 4.78 is 4.05. The van der Waals surface area contributed by atoms with E-state index in [0.717, 1.165) is 0 Å². The molecular weight excluding hydrogens is 224 g/mol. The molecule has 0 saturated heterocycles. The number of nitrogens with zero attached hydrogens (tertiary/aromatic N) is 6. The Hall–Kier alpha value is -1.42. The van der Waals surface area contributed by atoms with Gasteiger partial charge in [0.2, 0.25) is 9.54 Å². The topological polar surface area (TPSA) is 93.0 Å². The summed E-state index contributed by atoms with van der Waals surface area (Å²) in [6, 6.07) is 0. The normalized spacial score (nSPS) is 9.29. The van der Waals surface area contributed by atoms with Gasteiger partial charge in [0.15, 0.2) is 0 Å². The molecule has 2 aromatic rings. The highest BCUT2D eigenvalue weighted by Crippen LogP contribution is 1.71. The third kappa shape index (κ3) is 2.81. The fourth-order valence-electron chi connectivity index (χ4n) is 0.484. The minimum absolute atomic E-state index is 0.472. The van der Waals surface area contributed by atoms with Crippen molar-refractivity contribution in [1.82, 2.24) is 40.4 Å². The molecule has 0 bridgehead atoms. The number of aryl methyl sites for hydroxylation is 2. The molecule has 10 heteroatoms. The maximum Gasteiger partial charge on any atom is 0.237 e. The molecule has 0 aromatic carbocycles. The largest absolute Gasteiger partial charge is 0.246 e. The van der Waals surface area contributed by atoms with E-state index >= 15 is 0 Å². The molecule has 0 saturated carbocycles. The van der Waals surface area contributed by atoms with Gasteiger partial charge < -0.3 is 0 Å². The van der Waals surface area contributed by atoms with Crippen LogP contribution in [0.4, 0.5) is 0 Å². The summed E-state index contributed by atoms with van der Waals surface area (Å²) in [4.78, 5) is 0. The van der Waals surface area contributed by atoms with Crippen molar-refractivity contribution in [2.45, 2.75) is 0 Å². The lowest BCUT2D eigenvalue weighted by molar-refractivity contribution is 0.705. The average molecular weight is 232 g/mol. The molecule has 0 unspecified atom stereocenters. The van der Waals surface area contributed by atoms with Crippen LogP contribution >= 0.6 is 24.4 Å². The molecule has 8 nitrogen and oxygen atoms in total. The zero-order valence-corrected chi connectivity index (χ0v) is 9.13. The molecule has 2 aromatic heterocycles. The van der Waals surface area contributed by atoms with E-state index in [-0.39, 0.29) is 0 Å². The summed E-state index contributed by atoms with van der Waals surface area (Å²) >= 11 is 9.29. The van der Waals surface area contributed by atoms with Crippen LogP contribution in [-0.2, 0) is 14.1 Å². The van der Waals surface area contributed by atoms with Crippen molar-refractivity contribution in [3.63, 3.8) is 0 Å². The van der Waals surface area contributed by atoms with Gasteiger partial charge in [0, 0.05) is 14.1 Å². The number of rotatable bonds is 0. The summed E-state index contributed by atoms with van der Waals surface area (Å²) in [5, 5.41) is 18.8. The molecule has 0 aliphatic rings. The first-order valence-corrected chi connectivity index (χ1v) is 4.31. The second-order valence-corrected chi connectivity index (χ2v) is 3.01. The molecule has 0 atom stereocenters. The number of nitrogens with one attached hydrogen (secondary N) is 2. The number of H-pyrrole nitrogens is 2. The van der Waals surface area contributed by atoms with Crippen LogP contribution in [0.1, 0.15) is 0 Å². The number of aromatic amines is 2. The maximum absolute atomic E-state index is 4.64. The Morgan fingerprint density at radius 3 is 1.36 bits per heavy atom. The van der Waals surface area contributed by atoms with E-state index in [2.05, 4.69) is 55.5 Å². The number of hydrogen-bond donors (Lipinski definition) is 2. The van der Waals surface area contributed by atoms with Gasteiger partial charge in [0.05, 0.1) is 0 Å². The van der Waals surface area contributed by atoms with Crippen LogP contribution in [0.2, 0.25) is 0 Å². The van der Waals surface area contributed by atoms with E-state index < -0.39 is 0 Å². The molecule has 0 fully saturated rings. The third-order valence-corrected chi connectivity index (χ3v) is 1.95. The Kier molecular flexibility index (Phi) is 3.59. The lowest BCUT2D eigenvalue weighted by Crippen LogP contribution is -1.88. The van der Waals surface area contributed by atoms with Crippen LogP contribution < -0.4 is 0 Å². The van der Waals surface area contributed by atoms with E-state index in [9.17, 15) is 0 Å². The number of hydrogen-bond acceptors (Lipinski definition) is 6. The van der Waals surface area contributed by atoms with Crippen LogP contribution in [0.15, 0.2) is 0 Å².